The lowest BCUT2D eigenvalue weighted by Crippen LogP contribution is -2.41. The highest BCUT2D eigenvalue weighted by Gasteiger charge is 2.22. The number of nitrogens with zero attached hydrogens (tertiary/aromatic N) is 2. The van der Waals surface area contributed by atoms with Crippen LogP contribution in [0.4, 0.5) is 0 Å². The zero-order valence-electron chi connectivity index (χ0n) is 11.6. The normalized spacial score (nSPS) is 22.9. The summed E-state index contributed by atoms with van der Waals surface area (Å²) in [7, 11) is 0. The Morgan fingerprint density at radius 2 is 1.95 bits per heavy atom. The van der Waals surface area contributed by atoms with E-state index < -0.39 is 0 Å². The van der Waals surface area contributed by atoms with E-state index in [1.807, 2.05) is 47.3 Å². The molecular weight excluding hydrogens is 250 g/mol. The maximum Gasteiger partial charge on any atom is 0.0766 e. The van der Waals surface area contributed by atoms with E-state index in [-0.39, 0.29) is 12.1 Å². The van der Waals surface area contributed by atoms with Crippen molar-refractivity contribution in [2.45, 2.75) is 44.4 Å². The second-order valence-corrected chi connectivity index (χ2v) is 5.43. The Labute approximate surface area is 119 Å². The van der Waals surface area contributed by atoms with E-state index in [2.05, 4.69) is 10.4 Å². The lowest BCUT2D eigenvalue weighted by Gasteiger charge is -2.28. The molecule has 3 rings (SSSR count). The molecule has 2 atom stereocenters. The minimum atomic E-state index is -0.208. The van der Waals surface area contributed by atoms with Gasteiger partial charge in [-0.1, -0.05) is 31.0 Å². The molecule has 106 valence electrons. The molecule has 1 aliphatic rings. The number of para-hydroxylation sites is 1. The van der Waals surface area contributed by atoms with E-state index in [0.29, 0.717) is 6.54 Å². The summed E-state index contributed by atoms with van der Waals surface area (Å²) in [6.45, 7) is 0.710. The van der Waals surface area contributed by atoms with Crippen molar-refractivity contribution < 1.29 is 5.11 Å². The number of aromatic nitrogens is 2. The summed E-state index contributed by atoms with van der Waals surface area (Å²) >= 11 is 0. The van der Waals surface area contributed by atoms with E-state index in [1.165, 1.54) is 6.42 Å². The first-order valence-corrected chi connectivity index (χ1v) is 7.34. The average Bonchev–Trinajstić information content (AvgIpc) is 2.96. The molecule has 1 saturated carbocycles. The molecule has 0 spiro atoms. The zero-order valence-corrected chi connectivity index (χ0v) is 11.6. The minimum absolute atomic E-state index is 0.208. The van der Waals surface area contributed by atoms with Gasteiger partial charge in [0.05, 0.1) is 17.5 Å². The largest absolute Gasteiger partial charge is 0.392 e. The third-order valence-electron chi connectivity index (χ3n) is 3.94. The van der Waals surface area contributed by atoms with Crippen molar-refractivity contribution in [3.05, 3.63) is 48.3 Å². The van der Waals surface area contributed by atoms with Crippen LogP contribution in [-0.2, 0) is 6.54 Å². The van der Waals surface area contributed by atoms with Gasteiger partial charge in [-0.15, -0.1) is 0 Å². The van der Waals surface area contributed by atoms with Gasteiger partial charge in [-0.05, 0) is 31.0 Å². The summed E-state index contributed by atoms with van der Waals surface area (Å²) in [4.78, 5) is 0. The van der Waals surface area contributed by atoms with E-state index in [4.69, 9.17) is 0 Å². The molecule has 0 saturated heterocycles. The second-order valence-electron chi connectivity index (χ2n) is 5.43. The van der Waals surface area contributed by atoms with Crippen molar-refractivity contribution in [3.63, 3.8) is 0 Å². The molecule has 0 radical (unpaired) electrons. The van der Waals surface area contributed by atoms with Crippen molar-refractivity contribution >= 4 is 0 Å². The third kappa shape index (κ3) is 3.08. The van der Waals surface area contributed by atoms with E-state index in [9.17, 15) is 5.11 Å². The molecule has 1 aliphatic carbocycles. The fourth-order valence-electron chi connectivity index (χ4n) is 2.77. The van der Waals surface area contributed by atoms with Gasteiger partial charge in [-0.2, -0.15) is 5.10 Å². The van der Waals surface area contributed by atoms with Crippen molar-refractivity contribution in [1.82, 2.24) is 15.1 Å². The average molecular weight is 271 g/mol. The number of hydrogen-bond acceptors (Lipinski definition) is 3. The highest BCUT2D eigenvalue weighted by molar-refractivity contribution is 5.30. The zero-order chi connectivity index (χ0) is 13.8. The lowest BCUT2D eigenvalue weighted by molar-refractivity contribution is 0.0901. The standard InChI is InChI=1S/C16H21N3O/c20-16-9-5-4-8-15(16)17-12-13-10-11-19(18-13)14-6-2-1-3-7-14/h1-3,6-7,10-11,15-17,20H,4-5,8-9,12H2. The summed E-state index contributed by atoms with van der Waals surface area (Å²) < 4.78 is 1.88. The predicted molar refractivity (Wildman–Crippen MR) is 78.7 cm³/mol. The van der Waals surface area contributed by atoms with E-state index in [1.54, 1.807) is 0 Å². The number of aliphatic hydroxyl groups is 1. The molecule has 1 heterocycles. The van der Waals surface area contributed by atoms with Gasteiger partial charge >= 0.3 is 0 Å². The van der Waals surface area contributed by atoms with E-state index in [0.717, 1.165) is 30.6 Å². The SMILES string of the molecule is OC1CCCCC1NCc1ccn(-c2ccccc2)n1. The van der Waals surface area contributed by atoms with Crippen molar-refractivity contribution in [1.29, 1.82) is 0 Å². The highest BCUT2D eigenvalue weighted by Crippen LogP contribution is 2.18. The maximum atomic E-state index is 9.94. The Morgan fingerprint density at radius 1 is 1.15 bits per heavy atom. The fraction of sp³-hybridized carbons (Fsp3) is 0.438. The molecule has 1 fully saturated rings. The molecule has 4 heteroatoms. The predicted octanol–water partition coefficient (Wildman–Crippen LogP) is 2.27. The molecule has 0 bridgehead atoms. The highest BCUT2D eigenvalue weighted by atomic mass is 16.3. The van der Waals surface area contributed by atoms with Crippen molar-refractivity contribution in [2.75, 3.05) is 0 Å². The van der Waals surface area contributed by atoms with Gasteiger partial charge in [0.15, 0.2) is 0 Å². The van der Waals surface area contributed by atoms with Gasteiger partial charge in [-0.3, -0.25) is 0 Å². The first kappa shape index (κ1) is 13.3. The van der Waals surface area contributed by atoms with Gasteiger partial charge in [0.1, 0.15) is 0 Å². The van der Waals surface area contributed by atoms with Crippen LogP contribution in [0.25, 0.3) is 5.69 Å². The van der Waals surface area contributed by atoms with E-state index >= 15 is 0 Å². The molecule has 4 nitrogen and oxygen atoms in total. The number of aliphatic hydroxyl groups excluding tert-OH is 1. The van der Waals surface area contributed by atoms with Crippen LogP contribution in [0.3, 0.4) is 0 Å². The third-order valence-corrected chi connectivity index (χ3v) is 3.94. The van der Waals surface area contributed by atoms with Crippen molar-refractivity contribution in [3.8, 4) is 5.69 Å². The van der Waals surface area contributed by atoms with Gasteiger partial charge in [0.2, 0.25) is 0 Å². The summed E-state index contributed by atoms with van der Waals surface area (Å²) in [5.41, 5.74) is 2.07. The van der Waals surface area contributed by atoms with Crippen molar-refractivity contribution in [2.24, 2.45) is 0 Å². The molecule has 1 aromatic carbocycles. The van der Waals surface area contributed by atoms with Gasteiger partial charge < -0.3 is 10.4 Å². The Hall–Kier alpha value is -1.65. The molecular formula is C16H21N3O. The number of hydrogen-bond donors (Lipinski definition) is 2. The summed E-state index contributed by atoms with van der Waals surface area (Å²) in [5, 5.41) is 17.9. The summed E-state index contributed by atoms with van der Waals surface area (Å²) in [5.74, 6) is 0. The van der Waals surface area contributed by atoms with Crippen LogP contribution in [0.2, 0.25) is 0 Å². The molecule has 1 aromatic heterocycles. The molecule has 0 aliphatic heterocycles. The Balaban J connectivity index is 1.60. The summed E-state index contributed by atoms with van der Waals surface area (Å²) in [6.07, 6.45) is 6.08. The van der Waals surface area contributed by atoms with Crippen LogP contribution in [0.5, 0.6) is 0 Å². The van der Waals surface area contributed by atoms with Crippen LogP contribution in [0.15, 0.2) is 42.6 Å². The van der Waals surface area contributed by atoms with Crippen LogP contribution >= 0.6 is 0 Å². The lowest BCUT2D eigenvalue weighted by atomic mass is 9.92. The quantitative estimate of drug-likeness (QED) is 0.897. The van der Waals surface area contributed by atoms with Gasteiger partial charge in [0.25, 0.3) is 0 Å². The first-order valence-electron chi connectivity index (χ1n) is 7.34. The Morgan fingerprint density at radius 3 is 2.75 bits per heavy atom. The van der Waals surface area contributed by atoms with Crippen LogP contribution in [-0.4, -0.2) is 27.0 Å². The fourth-order valence-corrected chi connectivity index (χ4v) is 2.77. The number of nitrogens with one attached hydrogen (secondary N) is 1. The Kier molecular flexibility index (Phi) is 4.14. The topological polar surface area (TPSA) is 50.1 Å². The van der Waals surface area contributed by atoms with Crippen LogP contribution < -0.4 is 5.32 Å². The summed E-state index contributed by atoms with van der Waals surface area (Å²) in [6, 6.07) is 12.3. The smallest absolute Gasteiger partial charge is 0.0766 e. The first-order chi connectivity index (χ1) is 9.83. The maximum absolute atomic E-state index is 9.94. The molecule has 0 amide bonds. The van der Waals surface area contributed by atoms with Crippen LogP contribution in [0, 0.1) is 0 Å². The van der Waals surface area contributed by atoms with Crippen LogP contribution in [0.1, 0.15) is 31.4 Å². The Bertz CT molecular complexity index is 538. The molecule has 20 heavy (non-hydrogen) atoms. The second kappa shape index (κ2) is 6.20. The van der Waals surface area contributed by atoms with Gasteiger partial charge in [0, 0.05) is 18.8 Å². The number of benzene rings is 1. The van der Waals surface area contributed by atoms with Gasteiger partial charge in [-0.25, -0.2) is 4.68 Å². The number of rotatable bonds is 4. The monoisotopic (exact) mass is 271 g/mol. The molecule has 2 N–H and O–H groups in total. The minimum Gasteiger partial charge on any atom is -0.392 e. The molecule has 2 aromatic rings. The molecule has 2 unspecified atom stereocenters.